The molecule has 0 spiro atoms. The maximum atomic E-state index is 13.6. The van der Waals surface area contributed by atoms with Crippen molar-refractivity contribution in [1.82, 2.24) is 4.90 Å². The Labute approximate surface area is 164 Å². The first-order valence-corrected chi connectivity index (χ1v) is 11.3. The fraction of sp³-hybridized carbons (Fsp3) is 0.333. The minimum atomic E-state index is -3.36. The molecule has 2 aromatic carbocycles. The lowest BCUT2D eigenvalue weighted by Crippen LogP contribution is -2.41. The fourth-order valence-electron chi connectivity index (χ4n) is 3.39. The topological polar surface area (TPSA) is 83.9 Å². The minimum Gasteiger partial charge on any atom is -0.480 e. The molecule has 6 nitrogen and oxygen atoms in total. The smallest absolute Gasteiger partial charge is 0.326 e. The van der Waals surface area contributed by atoms with Crippen molar-refractivity contribution in [3.63, 3.8) is 0 Å². The van der Waals surface area contributed by atoms with Gasteiger partial charge in [0.15, 0.2) is 0 Å². The van der Waals surface area contributed by atoms with Crippen LogP contribution in [0, 0.1) is 0 Å². The van der Waals surface area contributed by atoms with Gasteiger partial charge in [-0.05, 0) is 24.0 Å². The van der Waals surface area contributed by atoms with Crippen molar-refractivity contribution < 1.29 is 23.8 Å². The molecular weight excluding hydrogens is 377 g/mol. The van der Waals surface area contributed by atoms with Crippen LogP contribution in [0.1, 0.15) is 24.0 Å². The van der Waals surface area contributed by atoms with Crippen LogP contribution in [0.5, 0.6) is 0 Å². The second-order valence-electron chi connectivity index (χ2n) is 6.96. The number of carbonyl (C=O) groups is 2. The third kappa shape index (κ3) is 5.31. The number of hydrogen-bond donors (Lipinski definition) is 1. The van der Waals surface area contributed by atoms with Crippen LogP contribution in [0.3, 0.4) is 0 Å². The number of carboxylic acids is 1. The van der Waals surface area contributed by atoms with Crippen LogP contribution in [-0.2, 0) is 31.4 Å². The lowest BCUT2D eigenvalue weighted by molar-refractivity contribution is -0.147. The normalized spacial score (nSPS) is 18.6. The van der Waals surface area contributed by atoms with Crippen LogP contribution >= 0.6 is 7.37 Å². The molecule has 1 N–H and O–H groups in total. The van der Waals surface area contributed by atoms with Gasteiger partial charge in [0, 0.05) is 6.54 Å². The summed E-state index contributed by atoms with van der Waals surface area (Å²) in [6, 6.07) is 17.8. The van der Waals surface area contributed by atoms with Crippen LogP contribution < -0.4 is 0 Å². The highest BCUT2D eigenvalue weighted by Gasteiger charge is 2.37. The number of likely N-dealkylation sites (tertiary alicyclic amines) is 1. The number of rotatable bonds is 8. The Morgan fingerprint density at radius 1 is 1.04 bits per heavy atom. The third-order valence-corrected chi connectivity index (χ3v) is 7.01. The molecule has 28 heavy (non-hydrogen) atoms. The van der Waals surface area contributed by atoms with E-state index in [1.807, 2.05) is 60.7 Å². The van der Waals surface area contributed by atoms with Gasteiger partial charge in [-0.25, -0.2) is 4.79 Å². The van der Waals surface area contributed by atoms with Crippen molar-refractivity contribution in [2.45, 2.75) is 31.7 Å². The van der Waals surface area contributed by atoms with E-state index in [1.165, 1.54) is 4.90 Å². The molecule has 0 radical (unpaired) electrons. The summed E-state index contributed by atoms with van der Waals surface area (Å²) in [5.41, 5.74) is 1.69. The van der Waals surface area contributed by atoms with Gasteiger partial charge >= 0.3 is 5.97 Å². The van der Waals surface area contributed by atoms with Gasteiger partial charge in [-0.3, -0.25) is 9.36 Å². The van der Waals surface area contributed by atoms with Crippen molar-refractivity contribution in [2.24, 2.45) is 0 Å². The summed E-state index contributed by atoms with van der Waals surface area (Å²) < 4.78 is 19.4. The van der Waals surface area contributed by atoms with Gasteiger partial charge in [0.25, 0.3) is 0 Å². The first-order valence-electron chi connectivity index (χ1n) is 9.30. The highest BCUT2D eigenvalue weighted by atomic mass is 31.2. The summed E-state index contributed by atoms with van der Waals surface area (Å²) in [4.78, 5) is 25.5. The second-order valence-corrected chi connectivity index (χ2v) is 9.48. The number of aliphatic carboxylic acids is 1. The Kier molecular flexibility index (Phi) is 6.65. The molecule has 1 fully saturated rings. The van der Waals surface area contributed by atoms with Gasteiger partial charge < -0.3 is 14.5 Å². The average Bonchev–Trinajstić information content (AvgIpc) is 3.18. The third-order valence-electron chi connectivity index (χ3n) is 4.81. The molecule has 1 aliphatic rings. The molecule has 0 bridgehead atoms. The molecule has 1 amide bonds. The van der Waals surface area contributed by atoms with Crippen molar-refractivity contribution in [3.8, 4) is 0 Å². The van der Waals surface area contributed by atoms with E-state index in [0.717, 1.165) is 11.1 Å². The minimum absolute atomic E-state index is 0.137. The van der Waals surface area contributed by atoms with Crippen LogP contribution in [0.25, 0.3) is 0 Å². The van der Waals surface area contributed by atoms with Gasteiger partial charge in [0.2, 0.25) is 13.3 Å². The number of carboxylic acid groups (broad SMARTS) is 1. The van der Waals surface area contributed by atoms with Gasteiger partial charge in [0.05, 0.1) is 12.8 Å². The zero-order valence-corrected chi connectivity index (χ0v) is 16.5. The van der Waals surface area contributed by atoms with Crippen LogP contribution in [-0.4, -0.2) is 40.6 Å². The monoisotopic (exact) mass is 401 g/mol. The number of amides is 1. The standard InChI is InChI=1S/C21H24NO5P/c23-20(22-13-7-12-19(22)21(24)25)16-28(26,15-18-10-5-2-6-11-18)27-14-17-8-3-1-4-9-17/h1-6,8-11,19H,7,12-16H2,(H,24,25)/t19-,28?/m0/s1. The number of carbonyl (C=O) groups excluding carboxylic acids is 1. The predicted molar refractivity (Wildman–Crippen MR) is 106 cm³/mol. The van der Waals surface area contributed by atoms with E-state index < -0.39 is 25.3 Å². The van der Waals surface area contributed by atoms with Crippen molar-refractivity contribution in [3.05, 3.63) is 71.8 Å². The Balaban J connectivity index is 1.76. The molecule has 3 rings (SSSR count). The van der Waals surface area contributed by atoms with Gasteiger partial charge in [-0.15, -0.1) is 0 Å². The van der Waals surface area contributed by atoms with Crippen LogP contribution in [0.4, 0.5) is 0 Å². The van der Waals surface area contributed by atoms with Crippen molar-refractivity contribution in [1.29, 1.82) is 0 Å². The predicted octanol–water partition coefficient (Wildman–Crippen LogP) is 3.76. The van der Waals surface area contributed by atoms with Gasteiger partial charge in [-0.2, -0.15) is 0 Å². The highest BCUT2D eigenvalue weighted by Crippen LogP contribution is 2.51. The number of benzene rings is 2. The molecule has 2 aromatic rings. The molecule has 1 saturated heterocycles. The highest BCUT2D eigenvalue weighted by molar-refractivity contribution is 7.59. The molecule has 2 atom stereocenters. The molecule has 1 heterocycles. The first kappa shape index (κ1) is 20.3. The summed E-state index contributed by atoms with van der Waals surface area (Å²) >= 11 is 0. The maximum Gasteiger partial charge on any atom is 0.326 e. The van der Waals surface area contributed by atoms with Gasteiger partial charge in [-0.1, -0.05) is 60.7 Å². The van der Waals surface area contributed by atoms with Crippen LogP contribution in [0.2, 0.25) is 0 Å². The quantitative estimate of drug-likeness (QED) is 0.681. The average molecular weight is 401 g/mol. The van der Waals surface area contributed by atoms with E-state index in [-0.39, 0.29) is 18.9 Å². The number of nitrogens with zero attached hydrogens (tertiary/aromatic N) is 1. The lowest BCUT2D eigenvalue weighted by atomic mass is 10.2. The molecule has 1 unspecified atom stereocenters. The largest absolute Gasteiger partial charge is 0.480 e. The summed E-state index contributed by atoms with van der Waals surface area (Å²) in [7, 11) is -3.36. The summed E-state index contributed by atoms with van der Waals surface area (Å²) in [6.07, 6.45) is 0.905. The van der Waals surface area contributed by atoms with E-state index in [1.54, 1.807) is 0 Å². The molecule has 0 saturated carbocycles. The van der Waals surface area contributed by atoms with E-state index in [9.17, 15) is 19.3 Å². The Morgan fingerprint density at radius 2 is 1.64 bits per heavy atom. The molecule has 0 aromatic heterocycles. The zero-order chi connectivity index (χ0) is 20.0. The first-order chi connectivity index (χ1) is 13.5. The summed E-state index contributed by atoms with van der Waals surface area (Å²) in [5.74, 6) is -1.44. The fourth-order valence-corrected chi connectivity index (χ4v) is 5.43. The SMILES string of the molecule is O=C(O)[C@@H]1CCCN1C(=O)CP(=O)(Cc1ccccc1)OCc1ccccc1. The second kappa shape index (κ2) is 9.18. The molecule has 0 aliphatic carbocycles. The molecule has 7 heteroatoms. The summed E-state index contributed by atoms with van der Waals surface area (Å²) in [6.45, 7) is 0.514. The molecular formula is C21H24NO5P. The summed E-state index contributed by atoms with van der Waals surface area (Å²) in [5, 5.41) is 9.32. The maximum absolute atomic E-state index is 13.6. The molecule has 1 aliphatic heterocycles. The Bertz CT molecular complexity index is 856. The zero-order valence-electron chi connectivity index (χ0n) is 15.6. The number of hydrogen-bond acceptors (Lipinski definition) is 4. The van der Waals surface area contributed by atoms with Crippen LogP contribution in [0.15, 0.2) is 60.7 Å². The lowest BCUT2D eigenvalue weighted by Gasteiger charge is -2.25. The Morgan fingerprint density at radius 3 is 2.25 bits per heavy atom. The van der Waals surface area contributed by atoms with E-state index in [0.29, 0.717) is 19.4 Å². The van der Waals surface area contributed by atoms with E-state index in [2.05, 4.69) is 0 Å². The van der Waals surface area contributed by atoms with E-state index in [4.69, 9.17) is 4.52 Å². The van der Waals surface area contributed by atoms with E-state index >= 15 is 0 Å². The Hall–Kier alpha value is -2.43. The van der Waals surface area contributed by atoms with Crippen molar-refractivity contribution >= 4 is 19.2 Å². The van der Waals surface area contributed by atoms with Crippen molar-refractivity contribution in [2.75, 3.05) is 12.7 Å². The van der Waals surface area contributed by atoms with Gasteiger partial charge in [0.1, 0.15) is 12.2 Å². The molecule has 148 valence electrons.